The molecule has 3 aliphatic rings. The van der Waals surface area contributed by atoms with Crippen LogP contribution in [0.1, 0.15) is 37.7 Å². The van der Waals surface area contributed by atoms with E-state index in [1.54, 1.807) is 0 Å². The third kappa shape index (κ3) is 4.97. The van der Waals surface area contributed by atoms with Crippen molar-refractivity contribution in [1.82, 2.24) is 15.1 Å². The van der Waals surface area contributed by atoms with E-state index in [4.69, 9.17) is 0 Å². The fourth-order valence-electron chi connectivity index (χ4n) is 5.25. The van der Waals surface area contributed by atoms with E-state index in [0.29, 0.717) is 5.41 Å². The van der Waals surface area contributed by atoms with Crippen molar-refractivity contribution in [3.8, 4) is 0 Å². The molecule has 2 unspecified atom stereocenters. The van der Waals surface area contributed by atoms with Gasteiger partial charge in [0.1, 0.15) is 0 Å². The van der Waals surface area contributed by atoms with Gasteiger partial charge in [0.25, 0.3) is 0 Å². The van der Waals surface area contributed by atoms with Gasteiger partial charge in [-0.2, -0.15) is 0 Å². The van der Waals surface area contributed by atoms with Crippen molar-refractivity contribution in [2.24, 2.45) is 11.3 Å². The Bertz CT molecular complexity index is 517. The second-order valence-corrected chi connectivity index (χ2v) is 8.50. The molecule has 3 fully saturated rings. The molecular weight excluding hydrogens is 330 g/mol. The van der Waals surface area contributed by atoms with Crippen LogP contribution in [-0.2, 0) is 6.54 Å². The van der Waals surface area contributed by atoms with Gasteiger partial charge in [0.15, 0.2) is 0 Å². The van der Waals surface area contributed by atoms with E-state index in [9.17, 15) is 0 Å². The lowest BCUT2D eigenvalue weighted by atomic mass is 9.79. The lowest BCUT2D eigenvalue weighted by molar-refractivity contribution is 0.0847. The lowest BCUT2D eigenvalue weighted by Crippen LogP contribution is -2.45. The van der Waals surface area contributed by atoms with Crippen LogP contribution in [0.4, 0.5) is 0 Å². The summed E-state index contributed by atoms with van der Waals surface area (Å²) in [5.74, 6) is 0.887. The molecular formula is C21H34ClN3. The molecule has 0 aliphatic carbocycles. The number of halogens is 1. The minimum Gasteiger partial charge on any atom is -0.316 e. The summed E-state index contributed by atoms with van der Waals surface area (Å²) in [6, 6.07) is 11.0. The number of likely N-dealkylation sites (tertiary alicyclic amines) is 2. The molecule has 1 aromatic rings. The highest BCUT2D eigenvalue weighted by atomic mass is 35.5. The van der Waals surface area contributed by atoms with Gasteiger partial charge in [0.2, 0.25) is 0 Å². The summed E-state index contributed by atoms with van der Waals surface area (Å²) in [5, 5.41) is 3.58. The van der Waals surface area contributed by atoms with Gasteiger partial charge in [-0.1, -0.05) is 30.3 Å². The van der Waals surface area contributed by atoms with E-state index in [2.05, 4.69) is 45.4 Å². The number of rotatable bonds is 4. The highest BCUT2D eigenvalue weighted by Gasteiger charge is 2.41. The van der Waals surface area contributed by atoms with Crippen LogP contribution in [0.25, 0.3) is 0 Å². The zero-order chi connectivity index (χ0) is 16.2. The molecule has 0 radical (unpaired) electrons. The zero-order valence-corrected chi connectivity index (χ0v) is 16.3. The maximum atomic E-state index is 3.58. The average Bonchev–Trinajstić information content (AvgIpc) is 2.98. The molecule has 0 amide bonds. The molecule has 140 valence electrons. The minimum absolute atomic E-state index is 0. The van der Waals surface area contributed by atoms with Gasteiger partial charge in [-0.15, -0.1) is 12.4 Å². The zero-order valence-electron chi connectivity index (χ0n) is 15.5. The standard InChI is InChI=1S/C21H33N3.ClH/c1-2-6-19(7-3-1)15-23-12-5-9-21(17-23)10-13-24(18-21)16-20-8-4-11-22-14-20;/h1-3,6-7,20,22H,4-5,8-18H2;1H. The first kappa shape index (κ1) is 19.2. The molecule has 0 bridgehead atoms. The van der Waals surface area contributed by atoms with Gasteiger partial charge in [0.05, 0.1) is 0 Å². The quantitative estimate of drug-likeness (QED) is 0.884. The summed E-state index contributed by atoms with van der Waals surface area (Å²) in [7, 11) is 0. The first-order valence-corrected chi connectivity index (χ1v) is 10.0. The molecule has 3 nitrogen and oxygen atoms in total. The number of nitrogens with zero attached hydrogens (tertiary/aromatic N) is 2. The van der Waals surface area contributed by atoms with Crippen molar-refractivity contribution in [3.63, 3.8) is 0 Å². The van der Waals surface area contributed by atoms with E-state index in [-0.39, 0.29) is 12.4 Å². The predicted molar refractivity (Wildman–Crippen MR) is 107 cm³/mol. The van der Waals surface area contributed by atoms with Crippen LogP contribution in [0.5, 0.6) is 0 Å². The van der Waals surface area contributed by atoms with Crippen molar-refractivity contribution in [3.05, 3.63) is 35.9 Å². The summed E-state index contributed by atoms with van der Waals surface area (Å²) in [4.78, 5) is 5.49. The van der Waals surface area contributed by atoms with E-state index in [1.807, 2.05) is 0 Å². The highest BCUT2D eigenvalue weighted by molar-refractivity contribution is 5.85. The Kier molecular flexibility index (Phi) is 6.79. The van der Waals surface area contributed by atoms with Gasteiger partial charge >= 0.3 is 0 Å². The topological polar surface area (TPSA) is 18.5 Å². The Labute approximate surface area is 159 Å². The van der Waals surface area contributed by atoms with Crippen molar-refractivity contribution in [2.45, 2.75) is 38.6 Å². The minimum atomic E-state index is 0. The van der Waals surface area contributed by atoms with Gasteiger partial charge in [-0.05, 0) is 75.2 Å². The Balaban J connectivity index is 0.00000182. The van der Waals surface area contributed by atoms with E-state index >= 15 is 0 Å². The number of hydrogen-bond acceptors (Lipinski definition) is 3. The van der Waals surface area contributed by atoms with Gasteiger partial charge in [-0.25, -0.2) is 0 Å². The lowest BCUT2D eigenvalue weighted by Gasteiger charge is -2.41. The molecule has 3 saturated heterocycles. The summed E-state index contributed by atoms with van der Waals surface area (Å²) in [6.07, 6.45) is 7.03. The summed E-state index contributed by atoms with van der Waals surface area (Å²) in [6.45, 7) is 10.2. The van der Waals surface area contributed by atoms with Crippen molar-refractivity contribution in [2.75, 3.05) is 45.8 Å². The third-order valence-corrected chi connectivity index (χ3v) is 6.42. The summed E-state index contributed by atoms with van der Waals surface area (Å²) in [5.41, 5.74) is 2.05. The summed E-state index contributed by atoms with van der Waals surface area (Å²) >= 11 is 0. The molecule has 4 rings (SSSR count). The molecule has 0 aromatic heterocycles. The molecule has 3 heterocycles. The molecule has 2 atom stereocenters. The van der Waals surface area contributed by atoms with Gasteiger partial charge in [-0.3, -0.25) is 4.90 Å². The monoisotopic (exact) mass is 363 g/mol. The molecule has 0 saturated carbocycles. The Morgan fingerprint density at radius 2 is 1.84 bits per heavy atom. The van der Waals surface area contributed by atoms with Crippen LogP contribution in [0, 0.1) is 11.3 Å². The van der Waals surface area contributed by atoms with E-state index in [1.165, 1.54) is 83.5 Å². The molecule has 3 aliphatic heterocycles. The molecule has 25 heavy (non-hydrogen) atoms. The summed E-state index contributed by atoms with van der Waals surface area (Å²) < 4.78 is 0. The normalized spacial score (nSPS) is 31.1. The second-order valence-electron chi connectivity index (χ2n) is 8.50. The molecule has 1 aromatic carbocycles. The van der Waals surface area contributed by atoms with Gasteiger partial charge < -0.3 is 10.2 Å². The average molecular weight is 364 g/mol. The Morgan fingerprint density at radius 3 is 2.64 bits per heavy atom. The van der Waals surface area contributed by atoms with Crippen molar-refractivity contribution >= 4 is 12.4 Å². The van der Waals surface area contributed by atoms with Crippen LogP contribution in [0.3, 0.4) is 0 Å². The van der Waals surface area contributed by atoms with Crippen molar-refractivity contribution in [1.29, 1.82) is 0 Å². The second kappa shape index (κ2) is 8.85. The maximum Gasteiger partial charge on any atom is 0.0233 e. The third-order valence-electron chi connectivity index (χ3n) is 6.42. The fourth-order valence-corrected chi connectivity index (χ4v) is 5.25. The molecule has 1 spiro atoms. The first-order valence-electron chi connectivity index (χ1n) is 10.0. The SMILES string of the molecule is Cl.c1ccc(CN2CCCC3(CCN(CC4CCCNC4)C3)C2)cc1. The van der Waals surface area contributed by atoms with Gasteiger partial charge in [0, 0.05) is 26.2 Å². The van der Waals surface area contributed by atoms with Crippen molar-refractivity contribution < 1.29 is 0 Å². The largest absolute Gasteiger partial charge is 0.316 e. The fraction of sp³-hybridized carbons (Fsp3) is 0.714. The number of benzene rings is 1. The highest BCUT2D eigenvalue weighted by Crippen LogP contribution is 2.39. The predicted octanol–water partition coefficient (Wildman–Crippen LogP) is 3.40. The smallest absolute Gasteiger partial charge is 0.0233 e. The van der Waals surface area contributed by atoms with Crippen LogP contribution in [-0.4, -0.2) is 55.6 Å². The Hall–Kier alpha value is -0.610. The van der Waals surface area contributed by atoms with E-state index in [0.717, 1.165) is 12.5 Å². The number of hydrogen-bond donors (Lipinski definition) is 1. The number of piperidine rings is 2. The van der Waals surface area contributed by atoms with Crippen LogP contribution >= 0.6 is 12.4 Å². The molecule has 1 N–H and O–H groups in total. The van der Waals surface area contributed by atoms with E-state index < -0.39 is 0 Å². The molecule has 4 heteroatoms. The first-order chi connectivity index (χ1) is 11.8. The van der Waals surface area contributed by atoms with Crippen LogP contribution in [0.15, 0.2) is 30.3 Å². The number of nitrogens with one attached hydrogen (secondary N) is 1. The van der Waals surface area contributed by atoms with Crippen LogP contribution < -0.4 is 5.32 Å². The maximum absolute atomic E-state index is 3.58. The van der Waals surface area contributed by atoms with Crippen LogP contribution in [0.2, 0.25) is 0 Å². The Morgan fingerprint density at radius 1 is 1.00 bits per heavy atom.